The lowest BCUT2D eigenvalue weighted by molar-refractivity contribution is -0.136. The van der Waals surface area contributed by atoms with Gasteiger partial charge in [0.05, 0.1) is 6.10 Å². The van der Waals surface area contributed by atoms with E-state index in [2.05, 4.69) is 11.9 Å². The Labute approximate surface area is 128 Å². The number of nitrogens with one attached hydrogen (secondary N) is 1. The number of likely N-dealkylation sites (tertiary alicyclic amines) is 1. The van der Waals surface area contributed by atoms with Crippen molar-refractivity contribution in [1.82, 2.24) is 14.5 Å². The molecule has 1 fully saturated rings. The van der Waals surface area contributed by atoms with Crippen molar-refractivity contribution in [3.63, 3.8) is 0 Å². The molecule has 1 amide bonds. The molecule has 2 rings (SSSR count). The van der Waals surface area contributed by atoms with Gasteiger partial charge in [-0.25, -0.2) is 4.79 Å². The van der Waals surface area contributed by atoms with Crippen LogP contribution in [0.1, 0.15) is 31.7 Å². The highest BCUT2D eigenvalue weighted by Gasteiger charge is 2.24. The predicted octanol–water partition coefficient (Wildman–Crippen LogP) is 0.263. The molecular weight excluding hydrogens is 286 g/mol. The maximum absolute atomic E-state index is 12.4. The van der Waals surface area contributed by atoms with Gasteiger partial charge in [0.25, 0.3) is 5.56 Å². The molecule has 0 saturated carbocycles. The van der Waals surface area contributed by atoms with Gasteiger partial charge in [-0.3, -0.25) is 19.1 Å². The lowest BCUT2D eigenvalue weighted by Crippen LogP contribution is -2.46. The number of H-pyrrole nitrogens is 1. The first-order chi connectivity index (χ1) is 10.5. The van der Waals surface area contributed by atoms with Crippen LogP contribution in [0.25, 0.3) is 0 Å². The third-order valence-electron chi connectivity index (χ3n) is 3.78. The Kier molecular flexibility index (Phi) is 5.54. The van der Waals surface area contributed by atoms with Crippen molar-refractivity contribution in [1.29, 1.82) is 0 Å². The van der Waals surface area contributed by atoms with Gasteiger partial charge in [0.1, 0.15) is 6.54 Å². The van der Waals surface area contributed by atoms with Crippen molar-refractivity contribution >= 4 is 5.91 Å². The average molecular weight is 309 g/mol. The van der Waals surface area contributed by atoms with E-state index < -0.39 is 11.2 Å². The molecule has 1 N–H and O–H groups in total. The number of carbonyl (C=O) groups excluding carboxylic acids is 1. The van der Waals surface area contributed by atoms with Gasteiger partial charge in [0.2, 0.25) is 5.91 Å². The molecule has 1 aromatic heterocycles. The van der Waals surface area contributed by atoms with Crippen molar-refractivity contribution in [3.05, 3.63) is 32.6 Å². The summed E-state index contributed by atoms with van der Waals surface area (Å²) in [5, 5.41) is 0. The first-order valence-corrected chi connectivity index (χ1v) is 7.71. The van der Waals surface area contributed by atoms with Crippen LogP contribution in [0.15, 0.2) is 15.8 Å². The van der Waals surface area contributed by atoms with Gasteiger partial charge in [-0.15, -0.1) is 0 Å². The second-order valence-corrected chi connectivity index (χ2v) is 5.67. The number of amides is 1. The molecule has 1 saturated heterocycles. The summed E-state index contributed by atoms with van der Waals surface area (Å²) >= 11 is 0. The van der Waals surface area contributed by atoms with Crippen LogP contribution in [0.5, 0.6) is 0 Å². The average Bonchev–Trinajstić information content (AvgIpc) is 2.50. The summed E-state index contributed by atoms with van der Waals surface area (Å²) in [5.74, 6) is -0.127. The summed E-state index contributed by atoms with van der Waals surface area (Å²) in [6, 6.07) is 0. The number of ether oxygens (including phenoxy) is 1. The van der Waals surface area contributed by atoms with Crippen LogP contribution >= 0.6 is 0 Å². The zero-order valence-electron chi connectivity index (χ0n) is 13.1. The van der Waals surface area contributed by atoms with E-state index in [1.165, 1.54) is 10.8 Å². The molecule has 22 heavy (non-hydrogen) atoms. The number of piperidine rings is 1. The topological polar surface area (TPSA) is 84.4 Å². The van der Waals surface area contributed by atoms with Crippen LogP contribution in [-0.2, 0) is 16.1 Å². The molecule has 1 aliphatic heterocycles. The molecule has 7 nitrogen and oxygen atoms in total. The minimum absolute atomic E-state index is 0.0586. The third-order valence-corrected chi connectivity index (χ3v) is 3.78. The number of hydrogen-bond acceptors (Lipinski definition) is 4. The zero-order chi connectivity index (χ0) is 16.1. The second-order valence-electron chi connectivity index (χ2n) is 5.67. The standard InChI is InChI=1S/C15H23N3O4/c1-3-7-22-12-5-4-6-17(9-12)13(19)10-18-8-11(2)14(20)16-15(18)21/h8,12H,3-7,9-10H2,1-2H3,(H,16,20,21). The SMILES string of the molecule is CCCOC1CCCN(C(=O)Cn2cc(C)c(=O)[nH]c2=O)C1. The molecule has 1 aromatic rings. The fraction of sp³-hybridized carbons (Fsp3) is 0.667. The van der Waals surface area contributed by atoms with Crippen molar-refractivity contribution in [2.45, 2.75) is 45.8 Å². The Bertz CT molecular complexity index is 634. The summed E-state index contributed by atoms with van der Waals surface area (Å²) in [7, 11) is 0. The summed E-state index contributed by atoms with van der Waals surface area (Å²) in [6.45, 7) is 5.55. The Balaban J connectivity index is 2.01. The van der Waals surface area contributed by atoms with E-state index in [1.807, 2.05) is 0 Å². The molecule has 0 radical (unpaired) electrons. The van der Waals surface area contributed by atoms with Gasteiger partial charge < -0.3 is 9.64 Å². The van der Waals surface area contributed by atoms with Crippen LogP contribution in [-0.4, -0.2) is 46.2 Å². The summed E-state index contributed by atoms with van der Waals surface area (Å²) in [4.78, 5) is 39.4. The number of rotatable bonds is 5. The molecule has 1 unspecified atom stereocenters. The van der Waals surface area contributed by atoms with Gasteiger partial charge in [0.15, 0.2) is 0 Å². The van der Waals surface area contributed by atoms with Gasteiger partial charge >= 0.3 is 5.69 Å². The highest BCUT2D eigenvalue weighted by Crippen LogP contribution is 2.14. The van der Waals surface area contributed by atoms with Crippen LogP contribution in [0.3, 0.4) is 0 Å². The number of hydrogen-bond donors (Lipinski definition) is 1. The van der Waals surface area contributed by atoms with Crippen molar-refractivity contribution in [3.8, 4) is 0 Å². The highest BCUT2D eigenvalue weighted by atomic mass is 16.5. The molecule has 1 atom stereocenters. The fourth-order valence-electron chi connectivity index (χ4n) is 2.57. The number of carbonyl (C=O) groups is 1. The van der Waals surface area contributed by atoms with Gasteiger partial charge in [0, 0.05) is 31.5 Å². The predicted molar refractivity (Wildman–Crippen MR) is 81.9 cm³/mol. The normalized spacial score (nSPS) is 18.5. The maximum Gasteiger partial charge on any atom is 0.328 e. The highest BCUT2D eigenvalue weighted by molar-refractivity contribution is 5.76. The van der Waals surface area contributed by atoms with E-state index >= 15 is 0 Å². The van der Waals surface area contributed by atoms with Gasteiger partial charge in [-0.1, -0.05) is 6.92 Å². The van der Waals surface area contributed by atoms with Crippen molar-refractivity contribution in [2.75, 3.05) is 19.7 Å². The van der Waals surface area contributed by atoms with Gasteiger partial charge in [-0.05, 0) is 26.2 Å². The third kappa shape index (κ3) is 4.07. The molecule has 0 spiro atoms. The molecule has 0 aliphatic carbocycles. The minimum atomic E-state index is -0.556. The zero-order valence-corrected chi connectivity index (χ0v) is 13.1. The van der Waals surface area contributed by atoms with Crippen LogP contribution < -0.4 is 11.2 Å². The molecule has 122 valence electrons. The Hall–Kier alpha value is -1.89. The van der Waals surface area contributed by atoms with E-state index in [-0.39, 0.29) is 18.6 Å². The summed E-state index contributed by atoms with van der Waals surface area (Å²) in [6.07, 6.45) is 4.32. The number of aromatic amines is 1. The first-order valence-electron chi connectivity index (χ1n) is 7.71. The monoisotopic (exact) mass is 309 g/mol. The summed E-state index contributed by atoms with van der Waals surface area (Å²) in [5.41, 5.74) is -0.561. The van der Waals surface area contributed by atoms with Crippen LogP contribution in [0.2, 0.25) is 0 Å². The van der Waals surface area contributed by atoms with Gasteiger partial charge in [-0.2, -0.15) is 0 Å². The van der Waals surface area contributed by atoms with E-state index in [0.29, 0.717) is 25.3 Å². The largest absolute Gasteiger partial charge is 0.376 e. The second kappa shape index (κ2) is 7.40. The molecule has 0 bridgehead atoms. The van der Waals surface area contributed by atoms with E-state index in [9.17, 15) is 14.4 Å². The van der Waals surface area contributed by atoms with Crippen molar-refractivity contribution in [2.24, 2.45) is 0 Å². The Morgan fingerprint density at radius 2 is 2.23 bits per heavy atom. The number of aromatic nitrogens is 2. The van der Waals surface area contributed by atoms with E-state index in [1.54, 1.807) is 11.8 Å². The lowest BCUT2D eigenvalue weighted by Gasteiger charge is -2.32. The molecular formula is C15H23N3O4. The van der Waals surface area contributed by atoms with Crippen molar-refractivity contribution < 1.29 is 9.53 Å². The van der Waals surface area contributed by atoms with Crippen LogP contribution in [0, 0.1) is 6.92 Å². The lowest BCUT2D eigenvalue weighted by atomic mass is 10.1. The smallest absolute Gasteiger partial charge is 0.328 e. The quantitative estimate of drug-likeness (QED) is 0.846. The number of aryl methyl sites for hydroxylation is 1. The Morgan fingerprint density at radius 3 is 2.95 bits per heavy atom. The molecule has 7 heteroatoms. The Morgan fingerprint density at radius 1 is 1.45 bits per heavy atom. The molecule has 0 aromatic carbocycles. The summed E-state index contributed by atoms with van der Waals surface area (Å²) < 4.78 is 6.96. The molecule has 1 aliphatic rings. The van der Waals surface area contributed by atoms with E-state index in [4.69, 9.17) is 4.74 Å². The molecule has 2 heterocycles. The minimum Gasteiger partial charge on any atom is -0.376 e. The maximum atomic E-state index is 12.4. The fourth-order valence-corrected chi connectivity index (χ4v) is 2.57. The number of nitrogens with zero attached hydrogens (tertiary/aromatic N) is 2. The van der Waals surface area contributed by atoms with E-state index in [0.717, 1.165) is 19.3 Å². The van der Waals surface area contributed by atoms with Crippen LogP contribution in [0.4, 0.5) is 0 Å². The first kappa shape index (κ1) is 16.5.